The largest absolute Gasteiger partial charge is 0.490 e. The first-order chi connectivity index (χ1) is 11.3. The molecule has 2 amide bonds. The van der Waals surface area contributed by atoms with Crippen molar-refractivity contribution in [2.45, 2.75) is 24.8 Å². The molecule has 2 N–H and O–H groups in total. The van der Waals surface area contributed by atoms with Crippen LogP contribution in [0.15, 0.2) is 29.2 Å². The van der Waals surface area contributed by atoms with E-state index in [-0.39, 0.29) is 30.1 Å². The molecule has 1 aromatic carbocycles. The second-order valence-electron chi connectivity index (χ2n) is 5.28. The lowest BCUT2D eigenvalue weighted by Crippen LogP contribution is -2.40. The van der Waals surface area contributed by atoms with E-state index in [0.29, 0.717) is 5.75 Å². The van der Waals surface area contributed by atoms with E-state index in [1.54, 1.807) is 13.8 Å². The molecule has 24 heavy (non-hydrogen) atoms. The predicted octanol–water partition coefficient (Wildman–Crippen LogP) is 1.69. The monoisotopic (exact) mass is 362 g/mol. The average molecular weight is 362 g/mol. The summed E-state index contributed by atoms with van der Waals surface area (Å²) in [7, 11) is -2.51. The van der Waals surface area contributed by atoms with E-state index in [4.69, 9.17) is 9.47 Å². The summed E-state index contributed by atoms with van der Waals surface area (Å²) in [5.74, 6) is 0.150. The van der Waals surface area contributed by atoms with Crippen LogP contribution in [0.4, 0.5) is 9.18 Å². The zero-order valence-corrected chi connectivity index (χ0v) is 14.7. The molecule has 0 saturated carbocycles. The van der Waals surface area contributed by atoms with E-state index in [1.807, 2.05) is 4.72 Å². The number of halogens is 1. The topological polar surface area (TPSA) is 93.7 Å². The van der Waals surface area contributed by atoms with Crippen LogP contribution in [0.5, 0.6) is 5.75 Å². The van der Waals surface area contributed by atoms with Gasteiger partial charge in [0.15, 0.2) is 0 Å². The number of carbonyl (C=O) groups excluding carboxylic acids is 1. The first kappa shape index (κ1) is 20.2. The molecular formula is C15H23FN2O5S. The number of sulfonamides is 1. The molecule has 0 heterocycles. The van der Waals surface area contributed by atoms with E-state index in [0.717, 1.165) is 0 Å². The molecule has 0 bridgehead atoms. The Kier molecular flexibility index (Phi) is 7.93. The highest BCUT2D eigenvalue weighted by atomic mass is 32.2. The van der Waals surface area contributed by atoms with Crippen LogP contribution in [-0.4, -0.2) is 47.5 Å². The molecule has 2 atom stereocenters. The minimum Gasteiger partial charge on any atom is -0.490 e. The van der Waals surface area contributed by atoms with Gasteiger partial charge in [0.25, 0.3) is 10.0 Å². The molecule has 1 aromatic rings. The Morgan fingerprint density at radius 3 is 2.42 bits per heavy atom. The fourth-order valence-electron chi connectivity index (χ4n) is 1.64. The number of benzene rings is 1. The first-order valence-electron chi connectivity index (χ1n) is 7.42. The maximum Gasteiger partial charge on any atom is 0.328 e. The third-order valence-corrected chi connectivity index (χ3v) is 4.67. The van der Waals surface area contributed by atoms with Crippen LogP contribution >= 0.6 is 0 Å². The van der Waals surface area contributed by atoms with Gasteiger partial charge in [-0.3, -0.25) is 4.39 Å². The van der Waals surface area contributed by atoms with E-state index >= 15 is 0 Å². The molecule has 9 heteroatoms. The molecule has 0 radical (unpaired) electrons. The van der Waals surface area contributed by atoms with Crippen molar-refractivity contribution < 1.29 is 27.1 Å². The number of amides is 2. The van der Waals surface area contributed by atoms with E-state index in [1.165, 1.54) is 31.4 Å². The summed E-state index contributed by atoms with van der Waals surface area (Å²) >= 11 is 0. The molecule has 0 aliphatic heterocycles. The summed E-state index contributed by atoms with van der Waals surface area (Å²) in [6, 6.07) is 4.70. The number of alkyl halides is 1. The minimum atomic E-state index is -3.98. The zero-order valence-electron chi connectivity index (χ0n) is 13.9. The zero-order chi connectivity index (χ0) is 18.2. The first-order valence-corrected chi connectivity index (χ1v) is 8.90. The molecule has 0 fully saturated rings. The summed E-state index contributed by atoms with van der Waals surface area (Å²) in [6.07, 6.45) is -0.345. The number of methoxy groups -OCH3 is 1. The molecule has 7 nitrogen and oxygen atoms in total. The van der Waals surface area contributed by atoms with Crippen molar-refractivity contribution in [1.82, 2.24) is 10.0 Å². The normalized spacial score (nSPS) is 13.8. The number of rotatable bonds is 9. The van der Waals surface area contributed by atoms with Gasteiger partial charge >= 0.3 is 6.03 Å². The maximum absolute atomic E-state index is 12.6. The third-order valence-electron chi connectivity index (χ3n) is 3.32. The van der Waals surface area contributed by atoms with Gasteiger partial charge in [-0.1, -0.05) is 6.92 Å². The van der Waals surface area contributed by atoms with Gasteiger partial charge in [-0.15, -0.1) is 0 Å². The molecule has 0 aromatic heterocycles. The fraction of sp³-hybridized carbons (Fsp3) is 0.533. The number of hydrogen-bond donors (Lipinski definition) is 2. The number of ether oxygens (including phenoxy) is 2. The minimum absolute atomic E-state index is 0.0806. The summed E-state index contributed by atoms with van der Waals surface area (Å²) in [4.78, 5) is 11.4. The number of hydrogen-bond acceptors (Lipinski definition) is 5. The van der Waals surface area contributed by atoms with Crippen molar-refractivity contribution in [2.75, 3.05) is 26.9 Å². The highest BCUT2D eigenvalue weighted by Crippen LogP contribution is 2.19. The molecular weight excluding hydrogens is 339 g/mol. The fourth-order valence-corrected chi connectivity index (χ4v) is 2.57. The quantitative estimate of drug-likeness (QED) is 0.652. The van der Waals surface area contributed by atoms with E-state index in [9.17, 15) is 17.6 Å². The summed E-state index contributed by atoms with van der Waals surface area (Å²) < 4.78 is 48.9. The van der Waals surface area contributed by atoms with Crippen LogP contribution in [-0.2, 0) is 14.8 Å². The van der Waals surface area contributed by atoms with Crippen LogP contribution in [0.3, 0.4) is 0 Å². The van der Waals surface area contributed by atoms with Crippen LogP contribution in [0, 0.1) is 5.92 Å². The smallest absolute Gasteiger partial charge is 0.328 e. The van der Waals surface area contributed by atoms with Gasteiger partial charge in [-0.2, -0.15) is 0 Å². The SMILES string of the molecule is COCCNC(=O)NS(=O)(=O)c1ccc(O[C@@H](C)C(C)CF)cc1. The Labute approximate surface area is 141 Å². The Morgan fingerprint density at radius 1 is 1.25 bits per heavy atom. The average Bonchev–Trinajstić information content (AvgIpc) is 2.54. The lowest BCUT2D eigenvalue weighted by Gasteiger charge is -2.19. The standard InChI is InChI=1S/C15H23FN2O5S/c1-11(10-16)12(2)23-13-4-6-14(7-5-13)24(20,21)18-15(19)17-8-9-22-3/h4-7,11-12H,8-10H2,1-3H3,(H2,17,18,19)/t11?,12-/m0/s1. The molecule has 0 aliphatic carbocycles. The van der Waals surface area contributed by atoms with Crippen molar-refractivity contribution in [1.29, 1.82) is 0 Å². The molecule has 0 spiro atoms. The maximum atomic E-state index is 12.6. The van der Waals surface area contributed by atoms with E-state index in [2.05, 4.69) is 5.32 Å². The lowest BCUT2D eigenvalue weighted by molar-refractivity contribution is 0.141. The molecule has 136 valence electrons. The molecule has 1 unspecified atom stereocenters. The molecule has 0 saturated heterocycles. The lowest BCUT2D eigenvalue weighted by atomic mass is 10.1. The van der Waals surface area contributed by atoms with Crippen molar-refractivity contribution in [3.63, 3.8) is 0 Å². The van der Waals surface area contributed by atoms with Crippen LogP contribution in [0.2, 0.25) is 0 Å². The Morgan fingerprint density at radius 2 is 1.88 bits per heavy atom. The Hall–Kier alpha value is -1.87. The van der Waals surface area contributed by atoms with Crippen molar-refractivity contribution in [2.24, 2.45) is 5.92 Å². The van der Waals surface area contributed by atoms with Gasteiger partial charge in [0.2, 0.25) is 0 Å². The van der Waals surface area contributed by atoms with Gasteiger partial charge in [0.1, 0.15) is 11.9 Å². The Balaban J connectivity index is 2.68. The van der Waals surface area contributed by atoms with Gasteiger partial charge in [0.05, 0.1) is 18.2 Å². The van der Waals surface area contributed by atoms with Gasteiger partial charge in [-0.05, 0) is 31.2 Å². The number of carbonyl (C=O) groups is 1. The van der Waals surface area contributed by atoms with Crippen molar-refractivity contribution >= 4 is 16.1 Å². The van der Waals surface area contributed by atoms with Crippen molar-refractivity contribution in [3.05, 3.63) is 24.3 Å². The third kappa shape index (κ3) is 6.32. The van der Waals surface area contributed by atoms with Crippen LogP contribution in [0.1, 0.15) is 13.8 Å². The van der Waals surface area contributed by atoms with Crippen LogP contribution < -0.4 is 14.8 Å². The molecule has 0 aliphatic rings. The summed E-state index contributed by atoms with van der Waals surface area (Å²) in [5, 5.41) is 2.35. The summed E-state index contributed by atoms with van der Waals surface area (Å²) in [6.45, 7) is 3.41. The highest BCUT2D eigenvalue weighted by Gasteiger charge is 2.18. The van der Waals surface area contributed by atoms with Crippen molar-refractivity contribution in [3.8, 4) is 5.75 Å². The Bertz CT molecular complexity index is 621. The predicted molar refractivity (Wildman–Crippen MR) is 87.3 cm³/mol. The van der Waals surface area contributed by atoms with Gasteiger partial charge < -0.3 is 14.8 Å². The second kappa shape index (κ2) is 9.43. The second-order valence-corrected chi connectivity index (χ2v) is 6.96. The molecule has 1 rings (SSSR count). The van der Waals surface area contributed by atoms with Crippen LogP contribution in [0.25, 0.3) is 0 Å². The van der Waals surface area contributed by atoms with E-state index < -0.39 is 22.7 Å². The number of urea groups is 1. The van der Waals surface area contributed by atoms with Gasteiger partial charge in [0, 0.05) is 19.6 Å². The van der Waals surface area contributed by atoms with Gasteiger partial charge in [-0.25, -0.2) is 17.9 Å². The summed E-state index contributed by atoms with van der Waals surface area (Å²) in [5.41, 5.74) is 0. The number of nitrogens with one attached hydrogen (secondary N) is 2. The highest BCUT2D eigenvalue weighted by molar-refractivity contribution is 7.90.